The number of aryl methyl sites for hydroxylation is 1. The number of rotatable bonds is 8. The molecule has 4 aromatic rings. The van der Waals surface area contributed by atoms with Gasteiger partial charge in [-0.15, -0.1) is 23.7 Å². The zero-order chi connectivity index (χ0) is 18.5. The molecule has 0 aliphatic rings. The monoisotopic (exact) mass is 410 g/mol. The molecule has 2 aromatic carbocycles. The number of hydrogen-bond donors (Lipinski definition) is 1. The molecule has 2 heterocycles. The number of unbranched alkanes of at least 4 members (excludes halogenated alkanes) is 1. The Labute approximate surface area is 177 Å². The Morgan fingerprint density at radius 2 is 1.93 bits per heavy atom. The number of thiophene rings is 1. The van der Waals surface area contributed by atoms with E-state index in [0.717, 1.165) is 6.54 Å². The maximum Gasteiger partial charge on any atom is 0.0346 e. The molecule has 0 bridgehead atoms. The molecule has 0 saturated heterocycles. The zero-order valence-electron chi connectivity index (χ0n) is 16.2. The number of benzene rings is 2. The Bertz CT molecular complexity index is 1030. The molecule has 2 aromatic heterocycles. The third kappa shape index (κ3) is 5.11. The molecular formula is C24H27ClN2S. The van der Waals surface area contributed by atoms with E-state index in [0.29, 0.717) is 6.04 Å². The van der Waals surface area contributed by atoms with Crippen molar-refractivity contribution < 1.29 is 0 Å². The first-order chi connectivity index (χ1) is 13.3. The first-order valence-corrected chi connectivity index (χ1v) is 10.7. The van der Waals surface area contributed by atoms with E-state index in [9.17, 15) is 0 Å². The second kappa shape index (κ2) is 10.0. The average molecular weight is 411 g/mol. The Balaban J connectivity index is 0.00000225. The second-order valence-corrected chi connectivity index (χ2v) is 8.25. The lowest BCUT2D eigenvalue weighted by Crippen LogP contribution is -2.25. The minimum Gasteiger partial charge on any atom is -0.310 e. The normalized spacial score (nSPS) is 12.2. The number of aromatic nitrogens is 1. The van der Waals surface area contributed by atoms with Crippen molar-refractivity contribution in [3.8, 4) is 0 Å². The summed E-state index contributed by atoms with van der Waals surface area (Å²) in [5, 5.41) is 9.92. The van der Waals surface area contributed by atoms with Crippen LogP contribution in [0, 0.1) is 0 Å². The molecule has 0 radical (unpaired) electrons. The molecule has 1 atom stereocenters. The molecule has 28 heavy (non-hydrogen) atoms. The van der Waals surface area contributed by atoms with Gasteiger partial charge in [-0.1, -0.05) is 36.8 Å². The Morgan fingerprint density at radius 3 is 2.86 bits per heavy atom. The first-order valence-electron chi connectivity index (χ1n) is 9.81. The van der Waals surface area contributed by atoms with Gasteiger partial charge in [0.05, 0.1) is 0 Å². The third-order valence-electron chi connectivity index (χ3n) is 5.25. The van der Waals surface area contributed by atoms with Gasteiger partial charge < -0.3 is 5.32 Å². The lowest BCUT2D eigenvalue weighted by atomic mass is 10.0. The highest BCUT2D eigenvalue weighted by Gasteiger charge is 2.05. The Kier molecular flexibility index (Phi) is 7.43. The summed E-state index contributed by atoms with van der Waals surface area (Å²) in [5.41, 5.74) is 2.85. The van der Waals surface area contributed by atoms with Gasteiger partial charge in [0.15, 0.2) is 0 Å². The van der Waals surface area contributed by atoms with Crippen LogP contribution < -0.4 is 5.32 Å². The van der Waals surface area contributed by atoms with Crippen LogP contribution in [0.15, 0.2) is 66.3 Å². The van der Waals surface area contributed by atoms with Gasteiger partial charge in [0.1, 0.15) is 0 Å². The number of hydrogen-bond acceptors (Lipinski definition) is 3. The molecule has 0 aliphatic carbocycles. The van der Waals surface area contributed by atoms with Crippen molar-refractivity contribution in [2.75, 3.05) is 0 Å². The van der Waals surface area contributed by atoms with Crippen LogP contribution in [0.3, 0.4) is 0 Å². The van der Waals surface area contributed by atoms with Crippen molar-refractivity contribution >= 4 is 44.6 Å². The van der Waals surface area contributed by atoms with E-state index in [1.165, 1.54) is 57.7 Å². The van der Waals surface area contributed by atoms with Gasteiger partial charge in [0.25, 0.3) is 0 Å². The molecule has 0 saturated carbocycles. The summed E-state index contributed by atoms with van der Waals surface area (Å²) >= 11 is 1.87. The predicted molar refractivity (Wildman–Crippen MR) is 125 cm³/mol. The molecule has 4 heteroatoms. The van der Waals surface area contributed by atoms with E-state index in [-0.39, 0.29) is 12.4 Å². The van der Waals surface area contributed by atoms with Crippen molar-refractivity contribution in [3.63, 3.8) is 0 Å². The summed E-state index contributed by atoms with van der Waals surface area (Å²) in [6.45, 7) is 3.22. The van der Waals surface area contributed by atoms with E-state index in [2.05, 4.69) is 71.1 Å². The lowest BCUT2D eigenvalue weighted by Gasteiger charge is -2.14. The van der Waals surface area contributed by atoms with Crippen LogP contribution in [-0.4, -0.2) is 11.0 Å². The summed E-state index contributed by atoms with van der Waals surface area (Å²) in [6.07, 6.45) is 8.72. The van der Waals surface area contributed by atoms with E-state index in [4.69, 9.17) is 0 Å². The van der Waals surface area contributed by atoms with Crippen LogP contribution in [0.1, 0.15) is 37.3 Å². The van der Waals surface area contributed by atoms with E-state index >= 15 is 0 Å². The molecule has 0 amide bonds. The summed E-state index contributed by atoms with van der Waals surface area (Å²) in [4.78, 5) is 4.18. The van der Waals surface area contributed by atoms with Crippen LogP contribution in [0.5, 0.6) is 0 Å². The van der Waals surface area contributed by atoms with Crippen LogP contribution in [0.2, 0.25) is 0 Å². The van der Waals surface area contributed by atoms with E-state index in [1.54, 1.807) is 0 Å². The van der Waals surface area contributed by atoms with Crippen molar-refractivity contribution in [1.82, 2.24) is 10.3 Å². The first kappa shape index (κ1) is 20.8. The van der Waals surface area contributed by atoms with Crippen LogP contribution in [-0.2, 0) is 13.0 Å². The van der Waals surface area contributed by atoms with Gasteiger partial charge in [-0.3, -0.25) is 4.98 Å². The lowest BCUT2D eigenvalue weighted by molar-refractivity contribution is 0.489. The van der Waals surface area contributed by atoms with Crippen LogP contribution in [0.4, 0.5) is 0 Å². The third-order valence-corrected chi connectivity index (χ3v) is 6.27. The number of halogens is 1. The van der Waals surface area contributed by atoms with E-state index < -0.39 is 0 Å². The maximum atomic E-state index is 4.18. The molecule has 1 N–H and O–H groups in total. The summed E-state index contributed by atoms with van der Waals surface area (Å²) in [5.74, 6) is 0. The van der Waals surface area contributed by atoms with Crippen LogP contribution >= 0.6 is 23.7 Å². The molecule has 146 valence electrons. The highest BCUT2D eigenvalue weighted by Crippen LogP contribution is 2.27. The van der Waals surface area contributed by atoms with Gasteiger partial charge in [0.2, 0.25) is 0 Å². The predicted octanol–water partition coefficient (Wildman–Crippen LogP) is 6.76. The topological polar surface area (TPSA) is 24.9 Å². The number of pyridine rings is 1. The smallest absolute Gasteiger partial charge is 0.0346 e. The van der Waals surface area contributed by atoms with Crippen molar-refractivity contribution in [2.24, 2.45) is 0 Å². The minimum absolute atomic E-state index is 0. The largest absolute Gasteiger partial charge is 0.310 e. The number of fused-ring (bicyclic) bond motifs is 2. The van der Waals surface area contributed by atoms with Crippen molar-refractivity contribution in [3.05, 3.63) is 77.4 Å². The molecule has 4 rings (SSSR count). The van der Waals surface area contributed by atoms with Gasteiger partial charge >= 0.3 is 0 Å². The van der Waals surface area contributed by atoms with Crippen LogP contribution in [0.25, 0.3) is 20.9 Å². The number of nitrogens with zero attached hydrogens (tertiary/aromatic N) is 1. The highest BCUT2D eigenvalue weighted by atomic mass is 35.5. The average Bonchev–Trinajstić information content (AvgIpc) is 3.13. The molecule has 2 nitrogen and oxygen atoms in total. The fourth-order valence-corrected chi connectivity index (χ4v) is 4.63. The second-order valence-electron chi connectivity index (χ2n) is 7.34. The zero-order valence-corrected chi connectivity index (χ0v) is 17.9. The number of nitrogens with one attached hydrogen (secondary N) is 1. The molecule has 0 aliphatic heterocycles. The van der Waals surface area contributed by atoms with Gasteiger partial charge in [-0.2, -0.15) is 0 Å². The fraction of sp³-hybridized carbons (Fsp3) is 0.292. The molecule has 0 fully saturated rings. The van der Waals surface area contributed by atoms with Gasteiger partial charge in [0, 0.05) is 35.1 Å². The molecule has 0 spiro atoms. The Hall–Kier alpha value is -1.94. The van der Waals surface area contributed by atoms with Crippen molar-refractivity contribution in [2.45, 2.75) is 45.2 Å². The quantitative estimate of drug-likeness (QED) is 0.324. The fourth-order valence-electron chi connectivity index (χ4n) is 3.63. The summed E-state index contributed by atoms with van der Waals surface area (Å²) in [7, 11) is 0. The summed E-state index contributed by atoms with van der Waals surface area (Å²) in [6, 6.07) is 18.0. The van der Waals surface area contributed by atoms with E-state index in [1.807, 2.05) is 23.7 Å². The highest BCUT2D eigenvalue weighted by molar-refractivity contribution is 7.17. The van der Waals surface area contributed by atoms with Crippen molar-refractivity contribution in [1.29, 1.82) is 0 Å². The summed E-state index contributed by atoms with van der Waals surface area (Å²) < 4.78 is 1.41. The maximum absolute atomic E-state index is 4.18. The molecule has 0 unspecified atom stereocenters. The standard InChI is InChI=1S/C24H26N2S.ClH/c1-18(26-15-19-10-11-21-16-25-13-12-20(21)14-19)6-2-3-7-22-17-27-24-9-5-4-8-23(22)24;/h4-5,8-14,16-18,26H,2-3,6-7,15H2,1H3;1H/t18-;/m1./s1. The SMILES string of the molecule is C[C@H](CCCCc1csc2ccccc12)NCc1ccc2cnccc2c1.Cl. The van der Waals surface area contributed by atoms with Gasteiger partial charge in [-0.25, -0.2) is 0 Å². The van der Waals surface area contributed by atoms with Gasteiger partial charge in [-0.05, 0) is 71.7 Å². The minimum atomic E-state index is 0. The molecular weight excluding hydrogens is 384 g/mol. The Morgan fingerprint density at radius 1 is 1.04 bits per heavy atom.